The largest absolute Gasteiger partial charge is 0.321 e. The number of nitrogens with zero attached hydrogens (tertiary/aromatic N) is 1. The van der Waals surface area contributed by atoms with Gasteiger partial charge >= 0.3 is 0 Å². The van der Waals surface area contributed by atoms with Gasteiger partial charge in [-0.2, -0.15) is 5.26 Å². The van der Waals surface area contributed by atoms with Crippen LogP contribution in [0, 0.1) is 24.1 Å². The molecule has 5 heteroatoms. The fraction of sp³-hybridized carbons (Fsp3) is 0.0667. The Morgan fingerprint density at radius 3 is 2.75 bits per heavy atom. The van der Waals surface area contributed by atoms with Crippen LogP contribution in [0.1, 0.15) is 21.5 Å². The molecule has 2 aromatic rings. The lowest BCUT2D eigenvalue weighted by atomic mass is 10.1. The zero-order valence-electron chi connectivity index (χ0n) is 10.6. The third-order valence-electron chi connectivity index (χ3n) is 2.82. The monoisotopic (exact) mass is 286 g/mol. The molecule has 0 aliphatic carbocycles. The quantitative estimate of drug-likeness (QED) is 0.830. The molecule has 1 N–H and O–H groups in total. The maximum Gasteiger partial charge on any atom is 0.256 e. The van der Waals surface area contributed by atoms with Crippen molar-refractivity contribution in [2.24, 2.45) is 0 Å². The van der Waals surface area contributed by atoms with E-state index < -0.39 is 5.82 Å². The molecule has 3 nitrogen and oxygen atoms in total. The van der Waals surface area contributed by atoms with Crippen LogP contribution in [0.3, 0.4) is 0 Å². The first-order valence-electron chi connectivity index (χ1n) is 5.82. The normalized spacial score (nSPS) is 9.90. The van der Waals surface area contributed by atoms with Crippen molar-refractivity contribution >= 4 is 24.2 Å². The number of hydrogen-bond donors (Lipinski definition) is 2. The lowest BCUT2D eigenvalue weighted by Crippen LogP contribution is -2.14. The van der Waals surface area contributed by atoms with E-state index in [1.54, 1.807) is 25.1 Å². The Bertz CT molecular complexity index is 722. The summed E-state index contributed by atoms with van der Waals surface area (Å²) in [5, 5.41) is 11.6. The zero-order valence-corrected chi connectivity index (χ0v) is 11.5. The molecule has 0 spiro atoms. The van der Waals surface area contributed by atoms with Crippen LogP contribution in [-0.2, 0) is 0 Å². The number of benzene rings is 2. The Balaban J connectivity index is 2.33. The number of halogens is 1. The van der Waals surface area contributed by atoms with Gasteiger partial charge in [-0.25, -0.2) is 4.39 Å². The van der Waals surface area contributed by atoms with E-state index in [2.05, 4.69) is 17.9 Å². The molecule has 0 fully saturated rings. The molecule has 0 heterocycles. The van der Waals surface area contributed by atoms with Gasteiger partial charge in [0.05, 0.1) is 11.3 Å². The van der Waals surface area contributed by atoms with Crippen LogP contribution in [0.15, 0.2) is 41.3 Å². The molecule has 2 rings (SSSR count). The first kappa shape index (κ1) is 14.1. The van der Waals surface area contributed by atoms with Crippen molar-refractivity contribution in [1.82, 2.24) is 0 Å². The van der Waals surface area contributed by atoms with E-state index in [1.807, 2.05) is 6.07 Å². The summed E-state index contributed by atoms with van der Waals surface area (Å²) in [6.45, 7) is 1.80. The molecule has 0 saturated carbocycles. The standard InChI is InChI=1S/C15H11FN2OS/c1-9-2-4-12(20)7-13(9)15(19)18-14-5-3-11(16)6-10(14)8-17/h2-7,20H,1H3,(H,18,19). The Morgan fingerprint density at radius 2 is 2.05 bits per heavy atom. The molecule has 0 aromatic heterocycles. The molecule has 0 atom stereocenters. The second-order valence-corrected chi connectivity index (χ2v) is 4.77. The lowest BCUT2D eigenvalue weighted by Gasteiger charge is -2.09. The van der Waals surface area contributed by atoms with E-state index in [1.165, 1.54) is 12.1 Å². The molecule has 20 heavy (non-hydrogen) atoms. The average molecular weight is 286 g/mol. The number of nitrogens with one attached hydrogen (secondary N) is 1. The number of nitriles is 1. The summed E-state index contributed by atoms with van der Waals surface area (Å²) in [6, 6.07) is 10.7. The summed E-state index contributed by atoms with van der Waals surface area (Å²) in [6.07, 6.45) is 0. The molecule has 0 unspecified atom stereocenters. The van der Waals surface area contributed by atoms with Gasteiger partial charge in [0, 0.05) is 10.5 Å². The molecule has 0 aliphatic heterocycles. The Labute approximate surface area is 121 Å². The van der Waals surface area contributed by atoms with Crippen molar-refractivity contribution in [2.75, 3.05) is 5.32 Å². The minimum atomic E-state index is -0.520. The Kier molecular flexibility index (Phi) is 4.06. The molecular formula is C15H11FN2OS. The van der Waals surface area contributed by atoms with Crippen LogP contribution in [0.5, 0.6) is 0 Å². The van der Waals surface area contributed by atoms with Crippen molar-refractivity contribution in [1.29, 1.82) is 5.26 Å². The van der Waals surface area contributed by atoms with Crippen LogP contribution in [0.4, 0.5) is 10.1 Å². The highest BCUT2D eigenvalue weighted by Crippen LogP contribution is 2.19. The molecule has 0 aliphatic rings. The maximum atomic E-state index is 13.0. The zero-order chi connectivity index (χ0) is 14.7. The van der Waals surface area contributed by atoms with Crippen LogP contribution >= 0.6 is 12.6 Å². The summed E-state index contributed by atoms with van der Waals surface area (Å²) in [7, 11) is 0. The fourth-order valence-electron chi connectivity index (χ4n) is 1.76. The fourth-order valence-corrected chi connectivity index (χ4v) is 1.97. The number of hydrogen-bond acceptors (Lipinski definition) is 3. The number of carbonyl (C=O) groups is 1. The molecule has 0 radical (unpaired) electrons. The van der Waals surface area contributed by atoms with Crippen molar-refractivity contribution in [3.63, 3.8) is 0 Å². The van der Waals surface area contributed by atoms with E-state index in [4.69, 9.17) is 5.26 Å². The van der Waals surface area contributed by atoms with E-state index in [0.717, 1.165) is 11.6 Å². The second kappa shape index (κ2) is 5.76. The number of thiol groups is 1. The minimum absolute atomic E-state index is 0.0815. The van der Waals surface area contributed by atoms with E-state index in [9.17, 15) is 9.18 Å². The highest BCUT2D eigenvalue weighted by molar-refractivity contribution is 7.80. The van der Waals surface area contributed by atoms with Crippen LogP contribution in [0.2, 0.25) is 0 Å². The number of anilines is 1. The van der Waals surface area contributed by atoms with E-state index >= 15 is 0 Å². The van der Waals surface area contributed by atoms with Gasteiger partial charge in [0.25, 0.3) is 5.91 Å². The summed E-state index contributed by atoms with van der Waals surface area (Å²) in [4.78, 5) is 12.9. The van der Waals surface area contributed by atoms with Gasteiger partial charge < -0.3 is 5.32 Å². The molecular weight excluding hydrogens is 275 g/mol. The van der Waals surface area contributed by atoms with Crippen molar-refractivity contribution < 1.29 is 9.18 Å². The first-order valence-corrected chi connectivity index (χ1v) is 6.26. The minimum Gasteiger partial charge on any atom is -0.321 e. The third-order valence-corrected chi connectivity index (χ3v) is 3.09. The van der Waals surface area contributed by atoms with Gasteiger partial charge in [-0.15, -0.1) is 12.6 Å². The highest BCUT2D eigenvalue weighted by Gasteiger charge is 2.12. The SMILES string of the molecule is Cc1ccc(S)cc1C(=O)Nc1ccc(F)cc1C#N. The van der Waals surface area contributed by atoms with Gasteiger partial charge in [-0.1, -0.05) is 6.07 Å². The van der Waals surface area contributed by atoms with Crippen molar-refractivity contribution in [3.05, 3.63) is 58.9 Å². The molecule has 0 bridgehead atoms. The predicted molar refractivity (Wildman–Crippen MR) is 77.5 cm³/mol. The number of aryl methyl sites for hydroxylation is 1. The lowest BCUT2D eigenvalue weighted by molar-refractivity contribution is 0.102. The first-order chi connectivity index (χ1) is 9.51. The van der Waals surface area contributed by atoms with E-state index in [-0.39, 0.29) is 17.2 Å². The Morgan fingerprint density at radius 1 is 1.30 bits per heavy atom. The molecule has 100 valence electrons. The number of rotatable bonds is 2. The summed E-state index contributed by atoms with van der Waals surface area (Å²) >= 11 is 4.19. The topological polar surface area (TPSA) is 52.9 Å². The smallest absolute Gasteiger partial charge is 0.256 e. The van der Waals surface area contributed by atoms with Crippen LogP contribution in [-0.4, -0.2) is 5.91 Å². The average Bonchev–Trinajstić information content (AvgIpc) is 2.43. The van der Waals surface area contributed by atoms with Crippen LogP contribution in [0.25, 0.3) is 0 Å². The van der Waals surface area contributed by atoms with Gasteiger partial charge in [0.2, 0.25) is 0 Å². The highest BCUT2D eigenvalue weighted by atomic mass is 32.1. The third kappa shape index (κ3) is 2.98. The van der Waals surface area contributed by atoms with Crippen molar-refractivity contribution in [2.45, 2.75) is 11.8 Å². The molecule has 1 amide bonds. The Hall–Kier alpha value is -2.32. The van der Waals surface area contributed by atoms with Gasteiger partial charge in [-0.05, 0) is 42.8 Å². The molecule has 2 aromatic carbocycles. The van der Waals surface area contributed by atoms with Gasteiger partial charge in [0.15, 0.2) is 0 Å². The van der Waals surface area contributed by atoms with Crippen LogP contribution < -0.4 is 5.32 Å². The predicted octanol–water partition coefficient (Wildman–Crippen LogP) is 3.55. The second-order valence-electron chi connectivity index (χ2n) is 4.26. The van der Waals surface area contributed by atoms with Gasteiger partial charge in [0.1, 0.15) is 11.9 Å². The summed E-state index contributed by atoms with van der Waals surface area (Å²) in [5.41, 5.74) is 1.62. The molecule has 0 saturated heterocycles. The van der Waals surface area contributed by atoms with E-state index in [0.29, 0.717) is 10.5 Å². The van der Waals surface area contributed by atoms with Crippen molar-refractivity contribution in [3.8, 4) is 6.07 Å². The number of carbonyl (C=O) groups excluding carboxylic acids is 1. The summed E-state index contributed by atoms with van der Waals surface area (Å²) in [5.74, 6) is -0.880. The number of amides is 1. The van der Waals surface area contributed by atoms with Gasteiger partial charge in [-0.3, -0.25) is 4.79 Å². The summed E-state index contributed by atoms with van der Waals surface area (Å²) < 4.78 is 13.0. The maximum absolute atomic E-state index is 13.0.